The average Bonchev–Trinajstić information content (AvgIpc) is 3.37. The molecule has 5 rings (SSSR count). The summed E-state index contributed by atoms with van der Waals surface area (Å²) in [6.45, 7) is 1.65. The van der Waals surface area contributed by atoms with E-state index in [-0.39, 0.29) is 11.8 Å². The lowest BCUT2D eigenvalue weighted by molar-refractivity contribution is -0.118. The van der Waals surface area contributed by atoms with E-state index < -0.39 is 0 Å². The second kappa shape index (κ2) is 13.3. The lowest BCUT2D eigenvalue weighted by atomic mass is 10.1. The first-order chi connectivity index (χ1) is 20.1. The van der Waals surface area contributed by atoms with Crippen molar-refractivity contribution < 1.29 is 19.1 Å². The van der Waals surface area contributed by atoms with Crippen LogP contribution in [0.3, 0.4) is 0 Å². The maximum atomic E-state index is 12.8. The number of rotatable bonds is 12. The van der Waals surface area contributed by atoms with Gasteiger partial charge in [0.05, 0.1) is 20.0 Å². The van der Waals surface area contributed by atoms with E-state index in [4.69, 9.17) is 9.47 Å². The fourth-order valence-electron chi connectivity index (χ4n) is 4.81. The number of ether oxygens (including phenoxy) is 2. The fourth-order valence-corrected chi connectivity index (χ4v) is 5.73. The van der Waals surface area contributed by atoms with Crippen LogP contribution in [0.4, 0.5) is 0 Å². The Morgan fingerprint density at radius 3 is 2.41 bits per heavy atom. The Morgan fingerprint density at radius 2 is 1.59 bits per heavy atom. The van der Waals surface area contributed by atoms with E-state index in [1.165, 1.54) is 11.8 Å². The predicted octanol–water partition coefficient (Wildman–Crippen LogP) is 5.69. The van der Waals surface area contributed by atoms with E-state index in [2.05, 4.69) is 33.5 Å². The number of para-hydroxylation sites is 1. The molecule has 0 saturated heterocycles. The molecule has 0 fully saturated rings. The Morgan fingerprint density at radius 1 is 0.805 bits per heavy atom. The zero-order valence-electron chi connectivity index (χ0n) is 23.2. The number of nitrogens with one attached hydrogen (secondary N) is 2. The Balaban J connectivity index is 1.14. The summed E-state index contributed by atoms with van der Waals surface area (Å²) in [5.74, 6) is 1.57. The van der Waals surface area contributed by atoms with Crippen LogP contribution in [0.5, 0.6) is 11.5 Å². The Kier molecular flexibility index (Phi) is 9.11. The molecule has 0 aliphatic heterocycles. The Labute approximate surface area is 243 Å². The highest BCUT2D eigenvalue weighted by Gasteiger charge is 2.12. The van der Waals surface area contributed by atoms with Crippen LogP contribution in [0, 0.1) is 0 Å². The van der Waals surface area contributed by atoms with Gasteiger partial charge >= 0.3 is 0 Å². The average molecular weight is 568 g/mol. The number of nitrogens with zero attached hydrogens (tertiary/aromatic N) is 1. The minimum Gasteiger partial charge on any atom is -0.493 e. The summed E-state index contributed by atoms with van der Waals surface area (Å²) in [4.78, 5) is 26.4. The number of thioether (sulfide) groups is 1. The summed E-state index contributed by atoms with van der Waals surface area (Å²) in [6.07, 6.45) is 2.76. The number of methoxy groups -OCH3 is 2. The number of aromatic nitrogens is 1. The van der Waals surface area contributed by atoms with Crippen molar-refractivity contribution in [2.24, 2.45) is 0 Å². The topological polar surface area (TPSA) is 81.6 Å². The maximum Gasteiger partial charge on any atom is 0.251 e. The summed E-state index contributed by atoms with van der Waals surface area (Å²) in [6, 6.07) is 27.7. The van der Waals surface area contributed by atoms with Crippen molar-refractivity contribution in [3.05, 3.63) is 102 Å². The van der Waals surface area contributed by atoms with E-state index >= 15 is 0 Å². The van der Waals surface area contributed by atoms with Gasteiger partial charge in [0.25, 0.3) is 5.91 Å². The van der Waals surface area contributed by atoms with E-state index in [0.29, 0.717) is 48.9 Å². The molecule has 0 bridgehead atoms. The van der Waals surface area contributed by atoms with E-state index in [1.54, 1.807) is 14.2 Å². The van der Waals surface area contributed by atoms with Crippen molar-refractivity contribution in [2.45, 2.75) is 17.9 Å². The molecule has 0 aliphatic rings. The molecule has 1 heterocycles. The molecule has 4 aromatic carbocycles. The number of hydrogen-bond donors (Lipinski definition) is 2. The molecular formula is C33H33N3O4S. The fraction of sp³-hybridized carbons (Fsp3) is 0.212. The molecule has 5 aromatic rings. The second-order valence-corrected chi connectivity index (χ2v) is 10.6. The van der Waals surface area contributed by atoms with Gasteiger partial charge in [0.15, 0.2) is 11.5 Å². The van der Waals surface area contributed by atoms with Crippen molar-refractivity contribution in [1.82, 2.24) is 15.2 Å². The van der Waals surface area contributed by atoms with Crippen LogP contribution in [0.2, 0.25) is 0 Å². The zero-order chi connectivity index (χ0) is 28.6. The summed E-state index contributed by atoms with van der Waals surface area (Å²) in [5.41, 5.74) is 2.78. The molecule has 210 valence electrons. The molecule has 8 heteroatoms. The smallest absolute Gasteiger partial charge is 0.251 e. The standard InChI is InChI=1S/C33H33N3O4S/c1-39-29-14-11-23(19-30(29)40-2)15-16-34-32(37)22-41-31-21-36(28-10-6-5-9-27(28)31)18-17-35-33(38)26-13-12-24-7-3-4-8-25(24)20-26/h3-14,19-21H,15-18,22H2,1-2H3,(H,34,37)(H,35,38). The number of carbonyl (C=O) groups is 2. The number of benzene rings is 4. The van der Waals surface area contributed by atoms with Gasteiger partial charge in [-0.1, -0.05) is 54.6 Å². The quantitative estimate of drug-likeness (QED) is 0.189. The molecule has 2 amide bonds. The highest BCUT2D eigenvalue weighted by molar-refractivity contribution is 8.00. The lowest BCUT2D eigenvalue weighted by Crippen LogP contribution is -2.27. The highest BCUT2D eigenvalue weighted by Crippen LogP contribution is 2.30. The molecule has 0 spiro atoms. The SMILES string of the molecule is COc1ccc(CCNC(=O)CSc2cn(CCNC(=O)c3ccc4ccccc4c3)c3ccccc23)cc1OC. The second-order valence-electron chi connectivity index (χ2n) is 9.60. The van der Waals surface area contributed by atoms with Gasteiger partial charge in [-0.2, -0.15) is 0 Å². The first-order valence-corrected chi connectivity index (χ1v) is 14.5. The van der Waals surface area contributed by atoms with Gasteiger partial charge < -0.3 is 24.7 Å². The normalized spacial score (nSPS) is 11.0. The molecule has 0 aliphatic carbocycles. The summed E-state index contributed by atoms with van der Waals surface area (Å²) < 4.78 is 12.8. The van der Waals surface area contributed by atoms with Crippen LogP contribution in [-0.4, -0.2) is 49.4 Å². The van der Waals surface area contributed by atoms with Crippen molar-refractivity contribution in [3.8, 4) is 11.5 Å². The number of fused-ring (bicyclic) bond motifs is 2. The van der Waals surface area contributed by atoms with Crippen molar-refractivity contribution in [2.75, 3.05) is 33.1 Å². The third-order valence-corrected chi connectivity index (χ3v) is 7.99. The maximum absolute atomic E-state index is 12.8. The highest BCUT2D eigenvalue weighted by atomic mass is 32.2. The van der Waals surface area contributed by atoms with E-state index in [9.17, 15) is 9.59 Å². The molecule has 2 N–H and O–H groups in total. The first kappa shape index (κ1) is 28.1. The summed E-state index contributed by atoms with van der Waals surface area (Å²) in [5, 5.41) is 9.30. The van der Waals surface area contributed by atoms with Gasteiger partial charge in [-0.25, -0.2) is 0 Å². The molecular weight excluding hydrogens is 534 g/mol. The van der Waals surface area contributed by atoms with E-state index in [1.807, 2.05) is 72.8 Å². The van der Waals surface area contributed by atoms with Crippen LogP contribution >= 0.6 is 11.8 Å². The zero-order valence-corrected chi connectivity index (χ0v) is 24.0. The number of hydrogen-bond acceptors (Lipinski definition) is 5. The van der Waals surface area contributed by atoms with Crippen LogP contribution in [0.15, 0.2) is 96.0 Å². The van der Waals surface area contributed by atoms with Crippen LogP contribution in [0.25, 0.3) is 21.7 Å². The van der Waals surface area contributed by atoms with Gasteiger partial charge in [-0.15, -0.1) is 11.8 Å². The number of amides is 2. The van der Waals surface area contributed by atoms with Gasteiger partial charge in [0.1, 0.15) is 0 Å². The van der Waals surface area contributed by atoms with Crippen LogP contribution in [0.1, 0.15) is 15.9 Å². The van der Waals surface area contributed by atoms with Gasteiger partial charge in [-0.05, 0) is 53.1 Å². The van der Waals surface area contributed by atoms with Crippen molar-refractivity contribution in [3.63, 3.8) is 0 Å². The molecule has 0 saturated carbocycles. The Hall–Kier alpha value is -4.43. The molecule has 1 aromatic heterocycles. The largest absolute Gasteiger partial charge is 0.493 e. The third kappa shape index (κ3) is 6.84. The van der Waals surface area contributed by atoms with Gasteiger partial charge in [0, 0.05) is 47.2 Å². The van der Waals surface area contributed by atoms with Gasteiger partial charge in [-0.3, -0.25) is 9.59 Å². The summed E-state index contributed by atoms with van der Waals surface area (Å²) >= 11 is 1.52. The van der Waals surface area contributed by atoms with E-state index in [0.717, 1.165) is 32.1 Å². The van der Waals surface area contributed by atoms with Crippen LogP contribution in [-0.2, 0) is 17.8 Å². The predicted molar refractivity (Wildman–Crippen MR) is 165 cm³/mol. The van der Waals surface area contributed by atoms with Crippen LogP contribution < -0.4 is 20.1 Å². The third-order valence-electron chi connectivity index (χ3n) is 6.94. The molecule has 0 atom stereocenters. The minimum absolute atomic E-state index is 0.0186. The molecule has 0 unspecified atom stereocenters. The lowest BCUT2D eigenvalue weighted by Gasteiger charge is -2.10. The molecule has 41 heavy (non-hydrogen) atoms. The molecule has 0 radical (unpaired) electrons. The Bertz CT molecular complexity index is 1680. The summed E-state index contributed by atoms with van der Waals surface area (Å²) in [7, 11) is 3.22. The minimum atomic E-state index is -0.0911. The number of carbonyl (C=O) groups excluding carboxylic acids is 2. The van der Waals surface area contributed by atoms with Crippen molar-refractivity contribution in [1.29, 1.82) is 0 Å². The van der Waals surface area contributed by atoms with Gasteiger partial charge in [0.2, 0.25) is 5.91 Å². The van der Waals surface area contributed by atoms with Crippen molar-refractivity contribution >= 4 is 45.3 Å². The molecule has 7 nitrogen and oxygen atoms in total. The monoisotopic (exact) mass is 567 g/mol. The first-order valence-electron chi connectivity index (χ1n) is 13.5.